The van der Waals surface area contributed by atoms with E-state index in [0.29, 0.717) is 29.4 Å². The zero-order valence-electron chi connectivity index (χ0n) is 18.4. The minimum Gasteiger partial charge on any atom is -0.493 e. The number of carbonyl (C=O) groups excluding carboxylic acids is 1. The van der Waals surface area contributed by atoms with Gasteiger partial charge in [-0.15, -0.1) is 0 Å². The molecule has 1 heterocycles. The van der Waals surface area contributed by atoms with E-state index in [1.807, 2.05) is 30.3 Å². The lowest BCUT2D eigenvalue weighted by Gasteiger charge is -2.23. The number of aliphatic carboxylic acids is 1. The third kappa shape index (κ3) is 3.51. The van der Waals surface area contributed by atoms with Crippen LogP contribution in [0.25, 0.3) is 21.5 Å². The van der Waals surface area contributed by atoms with E-state index in [-0.39, 0.29) is 18.9 Å². The van der Waals surface area contributed by atoms with Crippen molar-refractivity contribution >= 4 is 33.4 Å². The fraction of sp³-hybridized carbons (Fsp3) is 0.333. The molecule has 8 nitrogen and oxygen atoms in total. The average molecular weight is 439 g/mol. The van der Waals surface area contributed by atoms with E-state index in [1.54, 1.807) is 28.4 Å². The fourth-order valence-electron chi connectivity index (χ4n) is 4.38. The summed E-state index contributed by atoms with van der Waals surface area (Å²) in [6.45, 7) is 0.173. The molecule has 1 saturated heterocycles. The molecule has 3 aromatic carbocycles. The minimum absolute atomic E-state index is 0.168. The first kappa shape index (κ1) is 21.5. The summed E-state index contributed by atoms with van der Waals surface area (Å²) >= 11 is 0. The standard InChI is InChI=1S/C24H25NO7/c1-29-19-8-13-7-14(12-25-18(24(27)28)5-6-23(25)26)16-10-21(31-3)22(32-4)11-17(16)15(13)9-20(19)30-2/h7-11,18H,5-6,12H2,1-4H3,(H,27,28)/t18-/m0/s1. The molecule has 1 aliphatic rings. The lowest BCUT2D eigenvalue weighted by atomic mass is 9.95. The molecule has 0 aliphatic carbocycles. The molecule has 0 saturated carbocycles. The van der Waals surface area contributed by atoms with Crippen LogP contribution >= 0.6 is 0 Å². The van der Waals surface area contributed by atoms with Gasteiger partial charge in [-0.05, 0) is 63.9 Å². The summed E-state index contributed by atoms with van der Waals surface area (Å²) in [5, 5.41) is 13.1. The lowest BCUT2D eigenvalue weighted by molar-refractivity contribution is -0.146. The van der Waals surface area contributed by atoms with Crippen LogP contribution in [-0.2, 0) is 16.1 Å². The summed E-state index contributed by atoms with van der Waals surface area (Å²) in [7, 11) is 6.28. The Bertz CT molecular complexity index is 1220. The van der Waals surface area contributed by atoms with Crippen molar-refractivity contribution in [2.75, 3.05) is 28.4 Å². The molecular formula is C24H25NO7. The van der Waals surface area contributed by atoms with Gasteiger partial charge in [0.05, 0.1) is 28.4 Å². The number of carboxylic acid groups (broad SMARTS) is 1. The predicted octanol–water partition coefficient (Wildman–Crippen LogP) is 3.60. The zero-order valence-corrected chi connectivity index (χ0v) is 18.4. The van der Waals surface area contributed by atoms with Crippen LogP contribution in [-0.4, -0.2) is 56.4 Å². The first-order valence-corrected chi connectivity index (χ1v) is 10.2. The molecule has 168 valence electrons. The maximum Gasteiger partial charge on any atom is 0.326 e. The smallest absolute Gasteiger partial charge is 0.326 e. The summed E-state index contributed by atoms with van der Waals surface area (Å²) in [5.74, 6) is 1.11. The van der Waals surface area contributed by atoms with Crippen LogP contribution in [0.15, 0.2) is 30.3 Å². The summed E-state index contributed by atoms with van der Waals surface area (Å²) in [4.78, 5) is 25.6. The van der Waals surface area contributed by atoms with Crippen molar-refractivity contribution in [3.8, 4) is 23.0 Å². The van der Waals surface area contributed by atoms with Crippen LogP contribution in [0.5, 0.6) is 23.0 Å². The number of benzene rings is 3. The summed E-state index contributed by atoms with van der Waals surface area (Å²) in [6, 6.07) is 8.62. The molecule has 1 fully saturated rings. The van der Waals surface area contributed by atoms with Crippen LogP contribution in [0, 0.1) is 0 Å². The van der Waals surface area contributed by atoms with E-state index < -0.39 is 12.0 Å². The molecule has 0 unspecified atom stereocenters. The second kappa shape index (κ2) is 8.45. The molecular weight excluding hydrogens is 414 g/mol. The molecule has 1 amide bonds. The maximum absolute atomic E-state index is 12.5. The second-order valence-electron chi connectivity index (χ2n) is 7.63. The van der Waals surface area contributed by atoms with Gasteiger partial charge in [0.1, 0.15) is 6.04 Å². The molecule has 0 aromatic heterocycles. The third-order valence-electron chi connectivity index (χ3n) is 6.00. The van der Waals surface area contributed by atoms with Gasteiger partial charge >= 0.3 is 5.97 Å². The number of carbonyl (C=O) groups is 2. The number of hydrogen-bond acceptors (Lipinski definition) is 6. The van der Waals surface area contributed by atoms with E-state index in [4.69, 9.17) is 18.9 Å². The number of rotatable bonds is 7. The Labute approximate surface area is 185 Å². The SMILES string of the molecule is COc1cc2cc(CN3C(=O)CC[C@H]3C(=O)O)c3cc(OC)c(OC)cc3c2cc1OC. The highest BCUT2D eigenvalue weighted by molar-refractivity contribution is 6.11. The third-order valence-corrected chi connectivity index (χ3v) is 6.00. The van der Waals surface area contributed by atoms with Crippen molar-refractivity contribution in [2.45, 2.75) is 25.4 Å². The fourth-order valence-corrected chi connectivity index (χ4v) is 4.38. The van der Waals surface area contributed by atoms with E-state index in [9.17, 15) is 14.7 Å². The number of ether oxygens (including phenoxy) is 4. The van der Waals surface area contributed by atoms with Crippen LogP contribution in [0.3, 0.4) is 0 Å². The number of amides is 1. The van der Waals surface area contributed by atoms with Crippen molar-refractivity contribution in [1.29, 1.82) is 0 Å². The Morgan fingerprint density at radius 2 is 1.41 bits per heavy atom. The van der Waals surface area contributed by atoms with Crippen LogP contribution < -0.4 is 18.9 Å². The number of hydrogen-bond donors (Lipinski definition) is 1. The molecule has 0 bridgehead atoms. The van der Waals surface area contributed by atoms with Gasteiger partial charge in [0, 0.05) is 13.0 Å². The number of likely N-dealkylation sites (tertiary alicyclic amines) is 1. The maximum atomic E-state index is 12.5. The molecule has 3 aromatic rings. The van der Waals surface area contributed by atoms with Crippen molar-refractivity contribution in [3.63, 3.8) is 0 Å². The Balaban J connectivity index is 1.99. The first-order chi connectivity index (χ1) is 15.4. The van der Waals surface area contributed by atoms with Gasteiger partial charge in [0.15, 0.2) is 23.0 Å². The van der Waals surface area contributed by atoms with Gasteiger partial charge in [-0.2, -0.15) is 0 Å². The minimum atomic E-state index is -0.994. The van der Waals surface area contributed by atoms with Crippen LogP contribution in [0.4, 0.5) is 0 Å². The zero-order chi connectivity index (χ0) is 23.0. The molecule has 1 atom stereocenters. The quantitative estimate of drug-likeness (QED) is 0.562. The van der Waals surface area contributed by atoms with Gasteiger partial charge in [-0.1, -0.05) is 0 Å². The Morgan fingerprint density at radius 1 is 0.875 bits per heavy atom. The first-order valence-electron chi connectivity index (χ1n) is 10.2. The highest BCUT2D eigenvalue weighted by Gasteiger charge is 2.36. The van der Waals surface area contributed by atoms with Gasteiger partial charge in [0.25, 0.3) is 0 Å². The molecule has 32 heavy (non-hydrogen) atoms. The normalized spacial score (nSPS) is 15.9. The summed E-state index contributed by atoms with van der Waals surface area (Å²) < 4.78 is 22.0. The molecule has 0 radical (unpaired) electrons. The van der Waals surface area contributed by atoms with Crippen molar-refractivity contribution in [3.05, 3.63) is 35.9 Å². The average Bonchev–Trinajstić information content (AvgIpc) is 3.17. The Kier molecular flexibility index (Phi) is 5.69. The van der Waals surface area contributed by atoms with E-state index in [1.165, 1.54) is 4.90 Å². The van der Waals surface area contributed by atoms with Gasteiger partial charge in [0.2, 0.25) is 5.91 Å². The van der Waals surface area contributed by atoms with Gasteiger partial charge in [-0.3, -0.25) is 4.79 Å². The predicted molar refractivity (Wildman–Crippen MR) is 119 cm³/mol. The second-order valence-corrected chi connectivity index (χ2v) is 7.63. The van der Waals surface area contributed by atoms with Crippen molar-refractivity contribution < 1.29 is 33.6 Å². The van der Waals surface area contributed by atoms with Crippen LogP contribution in [0.2, 0.25) is 0 Å². The summed E-state index contributed by atoms with van der Waals surface area (Å²) in [5.41, 5.74) is 0.808. The number of nitrogens with zero attached hydrogens (tertiary/aromatic N) is 1. The molecule has 0 spiro atoms. The Hall–Kier alpha value is -3.68. The highest BCUT2D eigenvalue weighted by Crippen LogP contribution is 2.42. The van der Waals surface area contributed by atoms with E-state index in [0.717, 1.165) is 27.1 Å². The van der Waals surface area contributed by atoms with E-state index in [2.05, 4.69) is 0 Å². The number of fused-ring (bicyclic) bond motifs is 3. The molecule has 8 heteroatoms. The Morgan fingerprint density at radius 3 is 1.97 bits per heavy atom. The highest BCUT2D eigenvalue weighted by atomic mass is 16.5. The van der Waals surface area contributed by atoms with Crippen molar-refractivity contribution in [1.82, 2.24) is 4.90 Å². The molecule has 1 aliphatic heterocycles. The topological polar surface area (TPSA) is 94.5 Å². The number of carboxylic acids is 1. The van der Waals surface area contributed by atoms with Crippen molar-refractivity contribution in [2.24, 2.45) is 0 Å². The lowest BCUT2D eigenvalue weighted by Crippen LogP contribution is -2.37. The number of methoxy groups -OCH3 is 4. The largest absolute Gasteiger partial charge is 0.493 e. The monoisotopic (exact) mass is 439 g/mol. The van der Waals surface area contributed by atoms with Crippen LogP contribution in [0.1, 0.15) is 18.4 Å². The molecule has 1 N–H and O–H groups in total. The van der Waals surface area contributed by atoms with E-state index >= 15 is 0 Å². The molecule has 4 rings (SSSR count). The van der Waals surface area contributed by atoms with Gasteiger partial charge in [-0.25, -0.2) is 4.79 Å². The summed E-state index contributed by atoms with van der Waals surface area (Å²) in [6.07, 6.45) is 0.534. The van der Waals surface area contributed by atoms with Gasteiger partial charge < -0.3 is 29.0 Å².